The summed E-state index contributed by atoms with van der Waals surface area (Å²) in [5, 5.41) is 7.53. The Morgan fingerprint density at radius 2 is 1.80 bits per heavy atom. The number of hydrogen-bond donors (Lipinski definition) is 2. The number of piperidine rings is 1. The number of anilines is 4. The third-order valence-corrected chi connectivity index (χ3v) is 7.85. The van der Waals surface area contributed by atoms with Gasteiger partial charge in [-0.15, -0.1) is 5.10 Å². The van der Waals surface area contributed by atoms with Gasteiger partial charge in [-0.3, -0.25) is 4.90 Å². The number of nitrogens with two attached hydrogens (primary N) is 1. The number of nitrogen functional groups attached to an aromatic ring is 1. The van der Waals surface area contributed by atoms with Gasteiger partial charge in [-0.1, -0.05) is 0 Å². The Kier molecular flexibility index (Phi) is 8.72. The maximum Gasteiger partial charge on any atom is 0.251 e. The second kappa shape index (κ2) is 12.9. The Morgan fingerprint density at radius 3 is 2.56 bits per heavy atom. The molecule has 0 spiro atoms. The molecule has 45 heavy (non-hydrogen) atoms. The van der Waals surface area contributed by atoms with Crippen LogP contribution >= 0.6 is 0 Å². The van der Waals surface area contributed by atoms with Gasteiger partial charge in [0, 0.05) is 87.4 Å². The van der Waals surface area contributed by atoms with Gasteiger partial charge in [-0.25, -0.2) is 32.2 Å². The molecule has 11 nitrogen and oxygen atoms in total. The summed E-state index contributed by atoms with van der Waals surface area (Å²) < 4.78 is 70.3. The van der Waals surface area contributed by atoms with Crippen LogP contribution in [0.15, 0.2) is 42.7 Å². The highest BCUT2D eigenvalue weighted by Gasteiger charge is 2.35. The molecule has 0 amide bonds. The highest BCUT2D eigenvalue weighted by atomic mass is 19.3. The third kappa shape index (κ3) is 6.93. The summed E-state index contributed by atoms with van der Waals surface area (Å²) in [6, 6.07) is 7.36. The van der Waals surface area contributed by atoms with Gasteiger partial charge >= 0.3 is 0 Å². The number of hydrogen-bond acceptors (Lipinski definition) is 10. The van der Waals surface area contributed by atoms with Gasteiger partial charge in [-0.05, 0) is 30.3 Å². The maximum absolute atomic E-state index is 15.0. The maximum atomic E-state index is 15.0. The van der Waals surface area contributed by atoms with Crippen LogP contribution in [0, 0.1) is 11.6 Å². The van der Waals surface area contributed by atoms with Crippen molar-refractivity contribution in [2.75, 3.05) is 68.5 Å². The number of morpholine rings is 1. The highest BCUT2D eigenvalue weighted by Crippen LogP contribution is 2.36. The fraction of sp³-hybridized carbons (Fsp3) is 0.400. The zero-order valence-electron chi connectivity index (χ0n) is 24.6. The standard InChI is InChI=1S/C30H33F4N9O2/c1-41-29(38-20-2-3-21(23(31)17-20)22-4-7-36-26(35)25(22)32)39-27(40-41)19-16-24(45-15-12-42-10-13-44-14-11-42)28(37-18-19)43-8-5-30(33,34)6-9-43/h2-4,7,16-18H,5-6,8-15H2,1H3,(H2,35,36)(H,38,39,40). The average Bonchev–Trinajstić information content (AvgIpc) is 3.39. The summed E-state index contributed by atoms with van der Waals surface area (Å²) in [6.45, 7) is 4.33. The summed E-state index contributed by atoms with van der Waals surface area (Å²) in [5.74, 6) is -2.88. The van der Waals surface area contributed by atoms with Crippen molar-refractivity contribution < 1.29 is 27.0 Å². The smallest absolute Gasteiger partial charge is 0.251 e. The molecular formula is C30H33F4N9O2. The first-order valence-corrected chi connectivity index (χ1v) is 14.6. The molecule has 0 aliphatic carbocycles. The molecule has 2 saturated heterocycles. The van der Waals surface area contributed by atoms with Gasteiger partial charge < -0.3 is 25.4 Å². The number of nitrogens with one attached hydrogen (secondary N) is 1. The van der Waals surface area contributed by atoms with E-state index in [1.54, 1.807) is 25.4 Å². The molecule has 0 unspecified atom stereocenters. The predicted octanol–water partition coefficient (Wildman–Crippen LogP) is 4.49. The summed E-state index contributed by atoms with van der Waals surface area (Å²) >= 11 is 0. The Morgan fingerprint density at radius 1 is 1.02 bits per heavy atom. The van der Waals surface area contributed by atoms with Gasteiger partial charge in [0.25, 0.3) is 5.92 Å². The van der Waals surface area contributed by atoms with E-state index in [0.717, 1.165) is 13.1 Å². The molecule has 2 fully saturated rings. The van der Waals surface area contributed by atoms with E-state index in [-0.39, 0.29) is 42.9 Å². The first-order valence-electron chi connectivity index (χ1n) is 14.6. The van der Waals surface area contributed by atoms with Crippen LogP contribution in [-0.2, 0) is 11.8 Å². The van der Waals surface area contributed by atoms with Crippen LogP contribution in [0.2, 0.25) is 0 Å². The van der Waals surface area contributed by atoms with E-state index in [9.17, 15) is 13.2 Å². The quantitative estimate of drug-likeness (QED) is 0.257. The number of halogens is 4. The molecule has 3 N–H and O–H groups in total. The molecule has 0 bridgehead atoms. The van der Waals surface area contributed by atoms with Crippen LogP contribution < -0.4 is 20.7 Å². The zero-order chi connectivity index (χ0) is 31.6. The molecule has 2 aliphatic rings. The lowest BCUT2D eigenvalue weighted by molar-refractivity contribution is -0.0222. The van der Waals surface area contributed by atoms with Crippen molar-refractivity contribution in [2.45, 2.75) is 18.8 Å². The minimum absolute atomic E-state index is 0.00433. The molecule has 0 radical (unpaired) electrons. The van der Waals surface area contributed by atoms with E-state index in [1.807, 2.05) is 4.90 Å². The second-order valence-corrected chi connectivity index (χ2v) is 11.0. The SMILES string of the molecule is Cn1nc(-c2cnc(N3CCC(F)(F)CC3)c(OCCN3CCOCC3)c2)nc1Nc1ccc(-c2ccnc(N)c2F)c(F)c1. The molecule has 4 aromatic rings. The number of aromatic nitrogens is 5. The van der Waals surface area contributed by atoms with E-state index in [2.05, 4.69) is 30.3 Å². The summed E-state index contributed by atoms with van der Waals surface area (Å²) in [7, 11) is 1.67. The van der Waals surface area contributed by atoms with Crippen molar-refractivity contribution in [1.29, 1.82) is 0 Å². The number of rotatable bonds is 9. The number of pyridine rings is 2. The molecule has 238 valence electrons. The average molecular weight is 628 g/mol. The zero-order valence-corrected chi connectivity index (χ0v) is 24.6. The Bertz CT molecular complexity index is 1650. The molecule has 0 atom stereocenters. The van der Waals surface area contributed by atoms with Crippen molar-refractivity contribution in [1.82, 2.24) is 29.6 Å². The normalized spacial score (nSPS) is 17.0. The van der Waals surface area contributed by atoms with Crippen molar-refractivity contribution in [3.05, 3.63) is 54.4 Å². The van der Waals surface area contributed by atoms with Crippen LogP contribution in [0.5, 0.6) is 5.75 Å². The molecule has 0 saturated carbocycles. The Hall–Kier alpha value is -4.50. The topological polar surface area (TPSA) is 119 Å². The predicted molar refractivity (Wildman–Crippen MR) is 161 cm³/mol. The van der Waals surface area contributed by atoms with E-state index >= 15 is 4.39 Å². The second-order valence-electron chi connectivity index (χ2n) is 11.0. The monoisotopic (exact) mass is 627 g/mol. The van der Waals surface area contributed by atoms with Crippen molar-refractivity contribution >= 4 is 23.3 Å². The minimum atomic E-state index is -2.69. The van der Waals surface area contributed by atoms with Crippen LogP contribution in [0.1, 0.15) is 12.8 Å². The fourth-order valence-corrected chi connectivity index (χ4v) is 5.28. The Labute approximate surface area is 257 Å². The third-order valence-electron chi connectivity index (χ3n) is 7.85. The van der Waals surface area contributed by atoms with Crippen LogP contribution in [0.25, 0.3) is 22.5 Å². The number of ether oxygens (including phenoxy) is 2. The van der Waals surface area contributed by atoms with Gasteiger partial charge in [-0.2, -0.15) is 4.98 Å². The summed E-state index contributed by atoms with van der Waals surface area (Å²) in [6.07, 6.45) is 2.38. The Balaban J connectivity index is 1.22. The largest absolute Gasteiger partial charge is 0.488 e. The van der Waals surface area contributed by atoms with E-state index in [0.29, 0.717) is 61.0 Å². The van der Waals surface area contributed by atoms with Gasteiger partial charge in [0.2, 0.25) is 5.95 Å². The van der Waals surface area contributed by atoms with E-state index in [4.69, 9.17) is 15.2 Å². The molecule has 6 rings (SSSR count). The first kappa shape index (κ1) is 30.5. The van der Waals surface area contributed by atoms with Crippen LogP contribution in [0.3, 0.4) is 0 Å². The number of aryl methyl sites for hydroxylation is 1. The molecule has 15 heteroatoms. The number of alkyl halides is 2. The van der Waals surface area contributed by atoms with Crippen LogP contribution in [0.4, 0.5) is 40.8 Å². The summed E-state index contributed by atoms with van der Waals surface area (Å²) in [4.78, 5) is 16.9. The van der Waals surface area contributed by atoms with Crippen molar-refractivity contribution in [2.24, 2.45) is 7.05 Å². The fourth-order valence-electron chi connectivity index (χ4n) is 5.28. The minimum Gasteiger partial charge on any atom is -0.488 e. The highest BCUT2D eigenvalue weighted by molar-refractivity contribution is 5.71. The molecule has 1 aromatic carbocycles. The molecule has 2 aliphatic heterocycles. The van der Waals surface area contributed by atoms with E-state index < -0.39 is 17.6 Å². The molecule has 5 heterocycles. The van der Waals surface area contributed by atoms with Gasteiger partial charge in [0.15, 0.2) is 29.0 Å². The van der Waals surface area contributed by atoms with Crippen molar-refractivity contribution in [3.8, 4) is 28.3 Å². The van der Waals surface area contributed by atoms with Gasteiger partial charge in [0.1, 0.15) is 12.4 Å². The molecular weight excluding hydrogens is 594 g/mol. The summed E-state index contributed by atoms with van der Waals surface area (Å²) in [5.41, 5.74) is 6.50. The number of nitrogens with zero attached hydrogens (tertiary/aromatic N) is 7. The lowest BCUT2D eigenvalue weighted by atomic mass is 10.1. The van der Waals surface area contributed by atoms with Crippen LogP contribution in [-0.4, -0.2) is 88.1 Å². The molecule has 3 aromatic heterocycles. The first-order chi connectivity index (χ1) is 21.7. The van der Waals surface area contributed by atoms with E-state index in [1.165, 1.54) is 29.1 Å². The number of benzene rings is 1. The van der Waals surface area contributed by atoms with Gasteiger partial charge in [0.05, 0.1) is 13.2 Å². The lowest BCUT2D eigenvalue weighted by Crippen LogP contribution is -2.40. The lowest BCUT2D eigenvalue weighted by Gasteiger charge is -2.33. The van der Waals surface area contributed by atoms with Crippen molar-refractivity contribution in [3.63, 3.8) is 0 Å².